The fourth-order valence-electron chi connectivity index (χ4n) is 3.09. The Kier molecular flexibility index (Phi) is 6.51. The van der Waals surface area contributed by atoms with Crippen molar-refractivity contribution in [2.45, 2.75) is 51.6 Å². The number of likely N-dealkylation sites (tertiary alicyclic amines) is 1. The Hall–Kier alpha value is -1.63. The Morgan fingerprint density at radius 1 is 1.42 bits per heavy atom. The summed E-state index contributed by atoms with van der Waals surface area (Å²) in [5, 5.41) is 7.88. The lowest BCUT2D eigenvalue weighted by Gasteiger charge is -2.22. The van der Waals surface area contributed by atoms with Crippen LogP contribution in [0.1, 0.15) is 44.3 Å². The quantitative estimate of drug-likeness (QED) is 0.753. The smallest absolute Gasteiger partial charge is 0.241 e. The summed E-state index contributed by atoms with van der Waals surface area (Å²) in [4.78, 5) is 19.2. The first-order valence-corrected chi connectivity index (χ1v) is 9.64. The molecule has 2 aromatic rings. The summed E-state index contributed by atoms with van der Waals surface area (Å²) in [5.41, 5.74) is 0.524. The van der Waals surface area contributed by atoms with Crippen molar-refractivity contribution in [1.29, 1.82) is 0 Å². The minimum absolute atomic E-state index is 0.0996. The van der Waals surface area contributed by atoms with E-state index in [4.69, 9.17) is 27.7 Å². The topological polar surface area (TPSA) is 71.3 Å². The highest BCUT2D eigenvalue weighted by Gasteiger charge is 2.32. The van der Waals surface area contributed by atoms with Crippen molar-refractivity contribution in [1.82, 2.24) is 15.0 Å². The molecule has 140 valence electrons. The van der Waals surface area contributed by atoms with Gasteiger partial charge in [0.1, 0.15) is 0 Å². The van der Waals surface area contributed by atoms with E-state index in [1.807, 2.05) is 0 Å². The minimum atomic E-state index is -0.254. The van der Waals surface area contributed by atoms with Crippen LogP contribution in [0, 0.1) is 0 Å². The molecule has 1 aromatic carbocycles. The van der Waals surface area contributed by atoms with Crippen molar-refractivity contribution in [3.05, 3.63) is 40.0 Å². The van der Waals surface area contributed by atoms with Crippen molar-refractivity contribution in [3.8, 4) is 0 Å². The summed E-state index contributed by atoms with van der Waals surface area (Å²) in [7, 11) is 0. The third-order valence-corrected chi connectivity index (χ3v) is 5.02. The monoisotopic (exact) mass is 396 g/mol. The molecule has 1 fully saturated rings. The number of nitrogens with zero attached hydrogens (tertiary/aromatic N) is 3. The zero-order chi connectivity index (χ0) is 18.5. The highest BCUT2D eigenvalue weighted by Crippen LogP contribution is 2.27. The Bertz CT molecular complexity index is 765. The SMILES string of the molecule is CCCCc1noc(CN2CCCC2C(=O)Nc2cc(Cl)ccc2Cl)n1. The van der Waals surface area contributed by atoms with Gasteiger partial charge in [0.15, 0.2) is 5.82 Å². The highest BCUT2D eigenvalue weighted by atomic mass is 35.5. The van der Waals surface area contributed by atoms with Crippen LogP contribution in [0.25, 0.3) is 0 Å². The number of unbranched alkanes of at least 4 members (excludes halogenated alkanes) is 1. The van der Waals surface area contributed by atoms with Crippen LogP contribution in [-0.2, 0) is 17.8 Å². The number of benzene rings is 1. The van der Waals surface area contributed by atoms with Gasteiger partial charge in [-0.2, -0.15) is 4.98 Å². The van der Waals surface area contributed by atoms with Gasteiger partial charge >= 0.3 is 0 Å². The van der Waals surface area contributed by atoms with E-state index in [1.54, 1.807) is 18.2 Å². The predicted molar refractivity (Wildman–Crippen MR) is 101 cm³/mol. The second-order valence-corrected chi connectivity index (χ2v) is 7.29. The molecule has 1 saturated heterocycles. The Labute approximate surface area is 162 Å². The lowest BCUT2D eigenvalue weighted by Crippen LogP contribution is -2.39. The maximum absolute atomic E-state index is 12.7. The van der Waals surface area contributed by atoms with E-state index in [2.05, 4.69) is 27.3 Å². The van der Waals surface area contributed by atoms with Crippen LogP contribution in [-0.4, -0.2) is 33.5 Å². The summed E-state index contributed by atoms with van der Waals surface area (Å²) in [6.45, 7) is 3.41. The molecule has 0 bridgehead atoms. The first-order valence-electron chi connectivity index (χ1n) is 8.88. The van der Waals surface area contributed by atoms with Crippen molar-refractivity contribution in [2.24, 2.45) is 0 Å². The molecule has 1 aliphatic heterocycles. The molecule has 8 heteroatoms. The average Bonchev–Trinajstić information content (AvgIpc) is 3.26. The van der Waals surface area contributed by atoms with Gasteiger partial charge < -0.3 is 9.84 Å². The number of hydrogen-bond donors (Lipinski definition) is 1. The van der Waals surface area contributed by atoms with E-state index < -0.39 is 0 Å². The van der Waals surface area contributed by atoms with Gasteiger partial charge in [0.2, 0.25) is 11.8 Å². The molecule has 26 heavy (non-hydrogen) atoms. The van der Waals surface area contributed by atoms with Gasteiger partial charge in [0, 0.05) is 11.4 Å². The van der Waals surface area contributed by atoms with Crippen molar-refractivity contribution in [3.63, 3.8) is 0 Å². The molecule has 3 rings (SSSR count). The van der Waals surface area contributed by atoms with Crippen LogP contribution in [0.3, 0.4) is 0 Å². The van der Waals surface area contributed by atoms with Gasteiger partial charge in [-0.1, -0.05) is 41.7 Å². The minimum Gasteiger partial charge on any atom is -0.338 e. The number of carbonyl (C=O) groups excluding carboxylic acids is 1. The predicted octanol–water partition coefficient (Wildman–Crippen LogP) is 4.32. The van der Waals surface area contributed by atoms with Crippen molar-refractivity contribution < 1.29 is 9.32 Å². The van der Waals surface area contributed by atoms with Crippen LogP contribution in [0.4, 0.5) is 5.69 Å². The van der Waals surface area contributed by atoms with Gasteiger partial charge in [-0.05, 0) is 44.0 Å². The summed E-state index contributed by atoms with van der Waals surface area (Å²) in [6, 6.07) is 4.75. The Balaban J connectivity index is 1.63. The zero-order valence-electron chi connectivity index (χ0n) is 14.7. The maximum Gasteiger partial charge on any atom is 0.241 e. The molecule has 1 aromatic heterocycles. The molecule has 1 amide bonds. The van der Waals surface area contributed by atoms with Gasteiger partial charge in [-0.3, -0.25) is 9.69 Å². The Morgan fingerprint density at radius 2 is 2.27 bits per heavy atom. The number of halogens is 2. The van der Waals surface area contributed by atoms with Crippen LogP contribution >= 0.6 is 23.2 Å². The van der Waals surface area contributed by atoms with Gasteiger partial charge in [-0.15, -0.1) is 0 Å². The number of aryl methyl sites for hydroxylation is 1. The van der Waals surface area contributed by atoms with E-state index in [9.17, 15) is 4.79 Å². The van der Waals surface area contributed by atoms with Crippen LogP contribution < -0.4 is 5.32 Å². The molecule has 0 radical (unpaired) electrons. The van der Waals surface area contributed by atoms with Gasteiger partial charge in [0.05, 0.1) is 23.3 Å². The molecule has 1 unspecified atom stereocenters. The van der Waals surface area contributed by atoms with Crippen LogP contribution in [0.5, 0.6) is 0 Å². The molecular weight excluding hydrogens is 375 g/mol. The molecule has 1 N–H and O–H groups in total. The van der Waals surface area contributed by atoms with Gasteiger partial charge in [0.25, 0.3) is 0 Å². The van der Waals surface area contributed by atoms with Crippen LogP contribution in [0.2, 0.25) is 10.0 Å². The van der Waals surface area contributed by atoms with E-state index in [0.717, 1.165) is 44.5 Å². The van der Waals surface area contributed by atoms with Crippen LogP contribution in [0.15, 0.2) is 22.7 Å². The summed E-state index contributed by atoms with van der Waals surface area (Å²) < 4.78 is 5.33. The third-order valence-electron chi connectivity index (χ3n) is 4.46. The van der Waals surface area contributed by atoms with E-state index >= 15 is 0 Å². The number of amides is 1. The Morgan fingerprint density at radius 3 is 3.08 bits per heavy atom. The second kappa shape index (κ2) is 8.84. The summed E-state index contributed by atoms with van der Waals surface area (Å²) in [6.07, 6.45) is 4.66. The fraction of sp³-hybridized carbons (Fsp3) is 0.500. The van der Waals surface area contributed by atoms with E-state index in [0.29, 0.717) is 28.2 Å². The summed E-state index contributed by atoms with van der Waals surface area (Å²) >= 11 is 12.1. The average molecular weight is 397 g/mol. The normalized spacial score (nSPS) is 17.6. The number of anilines is 1. The number of hydrogen-bond acceptors (Lipinski definition) is 5. The van der Waals surface area contributed by atoms with E-state index in [1.165, 1.54) is 0 Å². The molecule has 1 atom stereocenters. The lowest BCUT2D eigenvalue weighted by atomic mass is 10.2. The van der Waals surface area contributed by atoms with Crippen molar-refractivity contribution in [2.75, 3.05) is 11.9 Å². The molecule has 0 saturated carbocycles. The number of nitrogens with one attached hydrogen (secondary N) is 1. The molecule has 0 aliphatic carbocycles. The molecule has 6 nitrogen and oxygen atoms in total. The summed E-state index contributed by atoms with van der Waals surface area (Å²) in [5.74, 6) is 1.18. The number of carbonyl (C=O) groups is 1. The number of aromatic nitrogens is 2. The highest BCUT2D eigenvalue weighted by molar-refractivity contribution is 6.35. The number of rotatable bonds is 7. The third kappa shape index (κ3) is 4.75. The lowest BCUT2D eigenvalue weighted by molar-refractivity contribution is -0.120. The fourth-order valence-corrected chi connectivity index (χ4v) is 3.42. The molecule has 2 heterocycles. The molecule has 0 spiro atoms. The van der Waals surface area contributed by atoms with Crippen molar-refractivity contribution >= 4 is 34.8 Å². The molecular formula is C18H22Cl2N4O2. The first kappa shape index (κ1) is 19.1. The van der Waals surface area contributed by atoms with Gasteiger partial charge in [-0.25, -0.2) is 0 Å². The van der Waals surface area contributed by atoms with E-state index in [-0.39, 0.29) is 11.9 Å². The molecule has 1 aliphatic rings. The standard InChI is InChI=1S/C18H22Cl2N4O2/c1-2-3-6-16-22-17(26-23-16)11-24-9-4-5-15(24)18(25)21-14-10-12(19)7-8-13(14)20/h7-8,10,15H,2-6,9,11H2,1H3,(H,21,25). The second-order valence-electron chi connectivity index (χ2n) is 6.45. The first-order chi connectivity index (χ1) is 12.6. The zero-order valence-corrected chi connectivity index (χ0v) is 16.2. The maximum atomic E-state index is 12.7. The largest absolute Gasteiger partial charge is 0.338 e.